The third-order valence-electron chi connectivity index (χ3n) is 3.34. The number of nitrogens with zero attached hydrogens (tertiary/aromatic N) is 2. The largest absolute Gasteiger partial charge is 0.508 e. The van der Waals surface area contributed by atoms with E-state index in [1.165, 1.54) is 12.8 Å². The first kappa shape index (κ1) is 14.2. The van der Waals surface area contributed by atoms with Crippen molar-refractivity contribution in [1.82, 2.24) is 15.3 Å². The van der Waals surface area contributed by atoms with Gasteiger partial charge in [0, 0.05) is 36.8 Å². The van der Waals surface area contributed by atoms with E-state index in [0.717, 1.165) is 17.8 Å². The molecule has 0 atom stereocenters. The van der Waals surface area contributed by atoms with Crippen LogP contribution in [-0.4, -0.2) is 27.5 Å². The van der Waals surface area contributed by atoms with E-state index in [1.54, 1.807) is 6.20 Å². The zero-order valence-electron chi connectivity index (χ0n) is 11.8. The Morgan fingerprint density at radius 1 is 1.41 bits per heavy atom. The van der Waals surface area contributed by atoms with Crippen LogP contribution in [-0.2, 0) is 6.42 Å². The highest BCUT2D eigenvalue weighted by Crippen LogP contribution is 2.38. The second kappa shape index (κ2) is 5.97. The number of aromatic hydroxyl groups is 1. The zero-order chi connectivity index (χ0) is 15.5. The maximum atomic E-state index is 11.8. The number of nitrogens with one attached hydrogen (secondary N) is 1. The number of carbonyl (C=O) groups is 1. The molecule has 1 aliphatic rings. The number of amides is 1. The Labute approximate surface area is 126 Å². The minimum Gasteiger partial charge on any atom is -0.508 e. The van der Waals surface area contributed by atoms with E-state index in [2.05, 4.69) is 15.3 Å². The van der Waals surface area contributed by atoms with Crippen LogP contribution in [0.15, 0.2) is 33.6 Å². The Hall–Kier alpha value is -2.70. The molecule has 3 rings (SSSR count). The number of carbonyl (C=O) groups excluding carboxylic acids is 1. The summed E-state index contributed by atoms with van der Waals surface area (Å²) >= 11 is 0. The lowest BCUT2D eigenvalue weighted by molar-refractivity contribution is 0.0920. The van der Waals surface area contributed by atoms with Crippen LogP contribution in [0.3, 0.4) is 0 Å². The normalized spacial score (nSPS) is 13.8. The summed E-state index contributed by atoms with van der Waals surface area (Å²) in [6.45, 7) is 0.312. The predicted molar refractivity (Wildman–Crippen MR) is 76.7 cm³/mol. The van der Waals surface area contributed by atoms with Gasteiger partial charge in [-0.3, -0.25) is 4.79 Å². The smallest absolute Gasteiger partial charge is 0.340 e. The first-order valence-electron chi connectivity index (χ1n) is 7.06. The second-order valence-electron chi connectivity index (χ2n) is 5.18. The Morgan fingerprint density at radius 3 is 2.95 bits per heavy atom. The quantitative estimate of drug-likeness (QED) is 0.853. The summed E-state index contributed by atoms with van der Waals surface area (Å²) in [4.78, 5) is 31.5. The number of aromatic nitrogens is 2. The zero-order valence-corrected chi connectivity index (χ0v) is 11.8. The van der Waals surface area contributed by atoms with E-state index < -0.39 is 11.5 Å². The predicted octanol–water partition coefficient (Wildman–Crippen LogP) is 0.985. The van der Waals surface area contributed by atoms with E-state index in [9.17, 15) is 14.7 Å². The van der Waals surface area contributed by atoms with Crippen molar-refractivity contribution < 1.29 is 14.3 Å². The summed E-state index contributed by atoms with van der Waals surface area (Å²) in [5.74, 6) is 0.130. The second-order valence-corrected chi connectivity index (χ2v) is 5.18. The van der Waals surface area contributed by atoms with Gasteiger partial charge >= 0.3 is 5.63 Å². The fraction of sp³-hybridized carbons (Fsp3) is 0.333. The molecule has 22 heavy (non-hydrogen) atoms. The molecule has 1 amide bonds. The van der Waals surface area contributed by atoms with Crippen LogP contribution in [0.2, 0.25) is 0 Å². The maximum Gasteiger partial charge on any atom is 0.340 e. The monoisotopic (exact) mass is 301 g/mol. The molecule has 0 aliphatic heterocycles. The van der Waals surface area contributed by atoms with Crippen LogP contribution in [0.1, 0.15) is 40.8 Å². The molecule has 2 aromatic heterocycles. The van der Waals surface area contributed by atoms with Crippen LogP contribution < -0.4 is 10.9 Å². The minimum atomic E-state index is -0.773. The Kier molecular flexibility index (Phi) is 3.86. The van der Waals surface area contributed by atoms with Crippen molar-refractivity contribution in [2.45, 2.75) is 25.2 Å². The SMILES string of the molecule is O=C(NCCc1nccc(C2CC2)n1)c1cc(O)cc(=O)o1. The fourth-order valence-corrected chi connectivity index (χ4v) is 2.09. The highest BCUT2D eigenvalue weighted by atomic mass is 16.4. The minimum absolute atomic E-state index is 0.224. The number of rotatable bonds is 5. The van der Waals surface area contributed by atoms with E-state index in [0.29, 0.717) is 24.7 Å². The molecule has 2 heterocycles. The van der Waals surface area contributed by atoms with Crippen LogP contribution in [0.25, 0.3) is 0 Å². The van der Waals surface area contributed by atoms with Gasteiger partial charge in [-0.1, -0.05) is 0 Å². The summed E-state index contributed by atoms with van der Waals surface area (Å²) in [6.07, 6.45) is 4.55. The molecule has 0 aromatic carbocycles. The van der Waals surface area contributed by atoms with E-state index in [4.69, 9.17) is 4.42 Å². The van der Waals surface area contributed by atoms with Crippen LogP contribution in [0, 0.1) is 0 Å². The standard InChI is InChI=1S/C15H15N3O4/c19-10-7-12(22-14(20)8-10)15(21)17-6-4-13-16-5-3-11(18-13)9-1-2-9/h3,5,7-9,19H,1-2,4,6H2,(H,17,21). The molecule has 114 valence electrons. The summed E-state index contributed by atoms with van der Waals surface area (Å²) in [6, 6.07) is 3.91. The van der Waals surface area contributed by atoms with Gasteiger partial charge in [-0.25, -0.2) is 14.8 Å². The van der Waals surface area contributed by atoms with Crippen molar-refractivity contribution in [3.63, 3.8) is 0 Å². The van der Waals surface area contributed by atoms with E-state index in [-0.39, 0.29) is 11.5 Å². The molecular weight excluding hydrogens is 286 g/mol. The Balaban J connectivity index is 1.57. The van der Waals surface area contributed by atoms with Gasteiger partial charge in [0.15, 0.2) is 5.76 Å². The average Bonchev–Trinajstić information content (AvgIpc) is 3.31. The summed E-state index contributed by atoms with van der Waals surface area (Å²) in [5, 5.41) is 11.9. The lowest BCUT2D eigenvalue weighted by Gasteiger charge is -2.05. The van der Waals surface area contributed by atoms with Crippen molar-refractivity contribution in [2.24, 2.45) is 0 Å². The van der Waals surface area contributed by atoms with Gasteiger partial charge in [0.05, 0.1) is 6.07 Å². The molecule has 0 unspecified atom stereocenters. The molecular formula is C15H15N3O4. The number of hydrogen-bond acceptors (Lipinski definition) is 6. The Bertz CT molecular complexity index is 752. The third kappa shape index (κ3) is 3.49. The highest BCUT2D eigenvalue weighted by Gasteiger charge is 2.25. The van der Waals surface area contributed by atoms with Crippen LogP contribution in [0.4, 0.5) is 0 Å². The lowest BCUT2D eigenvalue weighted by Crippen LogP contribution is -2.27. The summed E-state index contributed by atoms with van der Waals surface area (Å²) in [5.41, 5.74) is 0.279. The molecule has 0 radical (unpaired) electrons. The Morgan fingerprint density at radius 2 is 2.23 bits per heavy atom. The molecule has 0 saturated heterocycles. The topological polar surface area (TPSA) is 105 Å². The van der Waals surface area contributed by atoms with Crippen molar-refractivity contribution in [2.75, 3.05) is 6.54 Å². The van der Waals surface area contributed by atoms with Gasteiger partial charge in [-0.2, -0.15) is 0 Å². The first-order chi connectivity index (χ1) is 10.6. The van der Waals surface area contributed by atoms with Gasteiger partial charge in [-0.05, 0) is 18.9 Å². The summed E-state index contributed by atoms with van der Waals surface area (Å²) in [7, 11) is 0. The van der Waals surface area contributed by atoms with E-state index >= 15 is 0 Å². The molecule has 1 fully saturated rings. The van der Waals surface area contributed by atoms with Gasteiger partial charge in [0.25, 0.3) is 5.91 Å². The lowest BCUT2D eigenvalue weighted by atomic mass is 10.2. The summed E-state index contributed by atoms with van der Waals surface area (Å²) < 4.78 is 4.72. The van der Waals surface area contributed by atoms with E-state index in [1.807, 2.05) is 6.07 Å². The van der Waals surface area contributed by atoms with Crippen molar-refractivity contribution in [3.05, 3.63) is 52.1 Å². The molecule has 7 heteroatoms. The fourth-order valence-electron chi connectivity index (χ4n) is 2.09. The van der Waals surface area contributed by atoms with Gasteiger partial charge in [-0.15, -0.1) is 0 Å². The van der Waals surface area contributed by atoms with Crippen molar-refractivity contribution in [3.8, 4) is 5.75 Å². The molecule has 0 bridgehead atoms. The van der Waals surface area contributed by atoms with Crippen molar-refractivity contribution >= 4 is 5.91 Å². The molecule has 2 aromatic rings. The molecule has 2 N–H and O–H groups in total. The van der Waals surface area contributed by atoms with Crippen LogP contribution >= 0.6 is 0 Å². The van der Waals surface area contributed by atoms with Crippen LogP contribution in [0.5, 0.6) is 5.75 Å². The van der Waals surface area contributed by atoms with Gasteiger partial charge in [0.2, 0.25) is 0 Å². The molecule has 7 nitrogen and oxygen atoms in total. The van der Waals surface area contributed by atoms with Crippen molar-refractivity contribution in [1.29, 1.82) is 0 Å². The average molecular weight is 301 g/mol. The van der Waals surface area contributed by atoms with Gasteiger partial charge < -0.3 is 14.8 Å². The number of hydrogen-bond donors (Lipinski definition) is 2. The molecule has 1 saturated carbocycles. The molecule has 1 aliphatic carbocycles. The maximum absolute atomic E-state index is 11.8. The van der Waals surface area contributed by atoms with Gasteiger partial charge in [0.1, 0.15) is 11.6 Å². The highest BCUT2D eigenvalue weighted by molar-refractivity contribution is 5.91. The first-order valence-corrected chi connectivity index (χ1v) is 7.06. The third-order valence-corrected chi connectivity index (χ3v) is 3.34. The molecule has 0 spiro atoms.